The molecule has 0 saturated carbocycles. The van der Waals surface area contributed by atoms with Crippen molar-refractivity contribution in [2.24, 2.45) is 5.73 Å². The summed E-state index contributed by atoms with van der Waals surface area (Å²) in [5, 5.41) is 8.53. The topological polar surface area (TPSA) is 76.2 Å². The molecule has 0 aliphatic heterocycles. The Morgan fingerprint density at radius 1 is 1.56 bits per heavy atom. The SMILES string of the molecule is NC(CCC(=O)O)Cc1ncc(Br)cc1Br. The number of nitrogens with two attached hydrogens (primary N) is 1. The van der Waals surface area contributed by atoms with Gasteiger partial charge in [0, 0.05) is 34.0 Å². The molecule has 0 aliphatic rings. The lowest BCUT2D eigenvalue weighted by atomic mass is 10.1. The lowest BCUT2D eigenvalue weighted by Crippen LogP contribution is -2.24. The summed E-state index contributed by atoms with van der Waals surface area (Å²) >= 11 is 6.70. The molecule has 16 heavy (non-hydrogen) atoms. The minimum Gasteiger partial charge on any atom is -0.481 e. The molecule has 0 bridgehead atoms. The summed E-state index contributed by atoms with van der Waals surface area (Å²) in [4.78, 5) is 14.6. The van der Waals surface area contributed by atoms with Crippen molar-refractivity contribution in [1.29, 1.82) is 0 Å². The molecule has 88 valence electrons. The summed E-state index contributed by atoms with van der Waals surface area (Å²) in [6.45, 7) is 0. The predicted molar refractivity (Wildman–Crippen MR) is 68.2 cm³/mol. The monoisotopic (exact) mass is 350 g/mol. The summed E-state index contributed by atoms with van der Waals surface area (Å²) in [6.07, 6.45) is 2.82. The maximum atomic E-state index is 10.4. The van der Waals surface area contributed by atoms with E-state index in [0.29, 0.717) is 12.8 Å². The van der Waals surface area contributed by atoms with Crippen LogP contribution >= 0.6 is 31.9 Å². The van der Waals surface area contributed by atoms with E-state index < -0.39 is 5.97 Å². The second-order valence-corrected chi connectivity index (χ2v) is 5.25. The Kier molecular flexibility index (Phi) is 5.37. The number of pyridine rings is 1. The molecule has 0 radical (unpaired) electrons. The van der Waals surface area contributed by atoms with Gasteiger partial charge in [-0.3, -0.25) is 9.78 Å². The van der Waals surface area contributed by atoms with Crippen molar-refractivity contribution in [2.45, 2.75) is 25.3 Å². The first-order valence-electron chi connectivity index (χ1n) is 4.76. The summed E-state index contributed by atoms with van der Waals surface area (Å²) < 4.78 is 1.77. The van der Waals surface area contributed by atoms with Crippen LogP contribution in [0.25, 0.3) is 0 Å². The van der Waals surface area contributed by atoms with Crippen LogP contribution < -0.4 is 5.73 Å². The number of carboxylic acid groups (broad SMARTS) is 1. The second kappa shape index (κ2) is 6.32. The van der Waals surface area contributed by atoms with Gasteiger partial charge in [-0.15, -0.1) is 0 Å². The van der Waals surface area contributed by atoms with Crippen LogP contribution in [0.5, 0.6) is 0 Å². The number of rotatable bonds is 5. The lowest BCUT2D eigenvalue weighted by Gasteiger charge is -2.10. The highest BCUT2D eigenvalue weighted by molar-refractivity contribution is 9.11. The van der Waals surface area contributed by atoms with Crippen molar-refractivity contribution in [3.8, 4) is 0 Å². The minimum absolute atomic E-state index is 0.0926. The lowest BCUT2D eigenvalue weighted by molar-refractivity contribution is -0.137. The first kappa shape index (κ1) is 13.6. The highest BCUT2D eigenvalue weighted by Crippen LogP contribution is 2.20. The number of aliphatic carboxylic acids is 1. The van der Waals surface area contributed by atoms with Gasteiger partial charge in [0.05, 0.1) is 5.69 Å². The van der Waals surface area contributed by atoms with Gasteiger partial charge in [0.2, 0.25) is 0 Å². The van der Waals surface area contributed by atoms with Gasteiger partial charge in [-0.25, -0.2) is 0 Å². The number of hydrogen-bond acceptors (Lipinski definition) is 3. The molecule has 1 heterocycles. The van der Waals surface area contributed by atoms with E-state index in [1.165, 1.54) is 0 Å². The van der Waals surface area contributed by atoms with Gasteiger partial charge in [0.1, 0.15) is 0 Å². The van der Waals surface area contributed by atoms with Gasteiger partial charge in [-0.1, -0.05) is 0 Å². The maximum Gasteiger partial charge on any atom is 0.303 e. The largest absolute Gasteiger partial charge is 0.481 e. The van der Waals surface area contributed by atoms with Gasteiger partial charge < -0.3 is 10.8 Å². The summed E-state index contributed by atoms with van der Waals surface area (Å²) in [5.74, 6) is -0.821. The number of hydrogen-bond donors (Lipinski definition) is 2. The Bertz CT molecular complexity index is 385. The summed E-state index contributed by atoms with van der Waals surface area (Å²) in [6, 6.07) is 1.72. The number of aromatic nitrogens is 1. The smallest absolute Gasteiger partial charge is 0.303 e. The average molecular weight is 352 g/mol. The van der Waals surface area contributed by atoms with Crippen molar-refractivity contribution in [3.63, 3.8) is 0 Å². The van der Waals surface area contributed by atoms with Crippen molar-refractivity contribution < 1.29 is 9.90 Å². The van der Waals surface area contributed by atoms with Crippen molar-refractivity contribution in [2.75, 3.05) is 0 Å². The van der Waals surface area contributed by atoms with E-state index in [2.05, 4.69) is 36.8 Å². The van der Waals surface area contributed by atoms with Crippen LogP contribution in [0, 0.1) is 0 Å². The molecule has 0 spiro atoms. The molecule has 0 saturated heterocycles. The van der Waals surface area contributed by atoms with Gasteiger partial charge >= 0.3 is 5.97 Å². The average Bonchev–Trinajstić information content (AvgIpc) is 2.19. The molecule has 0 aliphatic carbocycles. The van der Waals surface area contributed by atoms with Gasteiger partial charge in [-0.05, 0) is 44.3 Å². The van der Waals surface area contributed by atoms with E-state index in [1.807, 2.05) is 6.07 Å². The molecule has 4 nitrogen and oxygen atoms in total. The van der Waals surface area contributed by atoms with Gasteiger partial charge in [-0.2, -0.15) is 0 Å². The number of carboxylic acids is 1. The fraction of sp³-hybridized carbons (Fsp3) is 0.400. The first-order chi connectivity index (χ1) is 7.49. The normalized spacial score (nSPS) is 12.4. The maximum absolute atomic E-state index is 10.4. The van der Waals surface area contributed by atoms with Crippen LogP contribution in [0.2, 0.25) is 0 Å². The third-order valence-electron chi connectivity index (χ3n) is 2.07. The fourth-order valence-electron chi connectivity index (χ4n) is 1.25. The van der Waals surface area contributed by atoms with E-state index in [0.717, 1.165) is 14.6 Å². The van der Waals surface area contributed by atoms with Crippen LogP contribution in [-0.4, -0.2) is 22.1 Å². The molecule has 1 aromatic rings. The molecule has 1 rings (SSSR count). The van der Waals surface area contributed by atoms with E-state index in [4.69, 9.17) is 10.8 Å². The molecule has 0 aromatic carbocycles. The Labute approximate surface area is 111 Å². The molecule has 3 N–H and O–H groups in total. The van der Waals surface area contributed by atoms with Crippen molar-refractivity contribution in [3.05, 3.63) is 26.9 Å². The van der Waals surface area contributed by atoms with E-state index in [9.17, 15) is 4.79 Å². The van der Waals surface area contributed by atoms with E-state index in [1.54, 1.807) is 6.20 Å². The molecule has 0 amide bonds. The number of halogens is 2. The Balaban J connectivity index is 2.55. The zero-order valence-electron chi connectivity index (χ0n) is 8.49. The van der Waals surface area contributed by atoms with Crippen LogP contribution in [0.3, 0.4) is 0 Å². The van der Waals surface area contributed by atoms with Crippen LogP contribution in [0.15, 0.2) is 21.2 Å². The third kappa shape index (κ3) is 4.59. The van der Waals surface area contributed by atoms with E-state index >= 15 is 0 Å². The minimum atomic E-state index is -0.821. The highest BCUT2D eigenvalue weighted by atomic mass is 79.9. The number of carbonyl (C=O) groups is 1. The Morgan fingerprint density at radius 2 is 2.25 bits per heavy atom. The van der Waals surface area contributed by atoms with Gasteiger partial charge in [0.15, 0.2) is 0 Å². The van der Waals surface area contributed by atoms with E-state index in [-0.39, 0.29) is 12.5 Å². The van der Waals surface area contributed by atoms with Crippen LogP contribution in [0.1, 0.15) is 18.5 Å². The molecule has 6 heteroatoms. The molecule has 1 unspecified atom stereocenters. The standard InChI is InChI=1S/C10H12Br2N2O2/c11-6-3-8(12)9(14-5-6)4-7(13)1-2-10(15)16/h3,5,7H,1-2,4,13H2,(H,15,16). The third-order valence-corrected chi connectivity index (χ3v) is 3.19. The predicted octanol–water partition coefficient (Wildman–Crippen LogP) is 2.34. The van der Waals surface area contributed by atoms with Crippen LogP contribution in [0.4, 0.5) is 0 Å². The summed E-state index contributed by atoms with van der Waals surface area (Å²) in [7, 11) is 0. The van der Waals surface area contributed by atoms with Crippen molar-refractivity contribution >= 4 is 37.8 Å². The van der Waals surface area contributed by atoms with Crippen LogP contribution in [-0.2, 0) is 11.2 Å². The first-order valence-corrected chi connectivity index (χ1v) is 6.35. The zero-order chi connectivity index (χ0) is 12.1. The second-order valence-electron chi connectivity index (χ2n) is 3.48. The molecular formula is C10H12Br2N2O2. The Hall–Kier alpha value is -0.460. The number of nitrogens with zero attached hydrogens (tertiary/aromatic N) is 1. The molecular weight excluding hydrogens is 340 g/mol. The zero-order valence-corrected chi connectivity index (χ0v) is 11.7. The van der Waals surface area contributed by atoms with Crippen molar-refractivity contribution in [1.82, 2.24) is 4.98 Å². The Morgan fingerprint density at radius 3 is 2.81 bits per heavy atom. The summed E-state index contributed by atoms with van der Waals surface area (Å²) in [5.41, 5.74) is 6.67. The highest BCUT2D eigenvalue weighted by Gasteiger charge is 2.10. The quantitative estimate of drug-likeness (QED) is 0.853. The fourth-order valence-corrected chi connectivity index (χ4v) is 2.40. The molecule has 1 aromatic heterocycles. The van der Waals surface area contributed by atoms with Gasteiger partial charge in [0.25, 0.3) is 0 Å². The molecule has 0 fully saturated rings. The molecule has 1 atom stereocenters.